The third-order valence-electron chi connectivity index (χ3n) is 3.48. The molecule has 2 rings (SSSR count). The van der Waals surface area contributed by atoms with Gasteiger partial charge in [0, 0.05) is 11.3 Å². The molecule has 0 aromatic heterocycles. The molecule has 2 aromatic rings. The zero-order valence-electron chi connectivity index (χ0n) is 15.5. The van der Waals surface area contributed by atoms with Crippen molar-refractivity contribution in [2.24, 2.45) is 4.40 Å². The van der Waals surface area contributed by atoms with Crippen LogP contribution in [0.4, 0.5) is 10.5 Å². The second-order valence-electron chi connectivity index (χ2n) is 6.81. The van der Waals surface area contributed by atoms with Gasteiger partial charge in [0.05, 0.1) is 5.71 Å². The summed E-state index contributed by atoms with van der Waals surface area (Å²) in [7, 11) is 0. The highest BCUT2D eigenvalue weighted by Crippen LogP contribution is 2.19. The maximum Gasteiger partial charge on any atom is 0.411 e. The highest BCUT2D eigenvalue weighted by molar-refractivity contribution is 7.91. The minimum Gasteiger partial charge on any atom is -0.591 e. The van der Waals surface area contributed by atoms with Crippen LogP contribution in [-0.4, -0.2) is 21.1 Å². The summed E-state index contributed by atoms with van der Waals surface area (Å²) >= 11 is -1.33. The monoisotopic (exact) mass is 372 g/mol. The Labute approximate surface area is 157 Å². The van der Waals surface area contributed by atoms with Gasteiger partial charge in [0.1, 0.15) is 22.7 Å². The van der Waals surface area contributed by atoms with Crippen molar-refractivity contribution in [3.05, 3.63) is 65.7 Å². The lowest BCUT2D eigenvalue weighted by Gasteiger charge is -2.18. The van der Waals surface area contributed by atoms with Crippen LogP contribution in [0.3, 0.4) is 0 Å². The van der Waals surface area contributed by atoms with Gasteiger partial charge in [0.25, 0.3) is 0 Å². The Morgan fingerprint density at radius 2 is 1.85 bits per heavy atom. The molecule has 0 aliphatic heterocycles. The van der Waals surface area contributed by atoms with Crippen molar-refractivity contribution in [1.82, 2.24) is 0 Å². The molecule has 1 amide bonds. The highest BCUT2D eigenvalue weighted by atomic mass is 32.2. The molecule has 26 heavy (non-hydrogen) atoms. The normalized spacial score (nSPS) is 13.2. The van der Waals surface area contributed by atoms with E-state index in [0.29, 0.717) is 11.4 Å². The number of hydrogen-bond donors (Lipinski definition) is 1. The molecule has 0 saturated heterocycles. The number of rotatable bonds is 5. The first-order valence-electron chi connectivity index (χ1n) is 8.31. The fraction of sp³-hybridized carbons (Fsp3) is 0.300. The van der Waals surface area contributed by atoms with E-state index in [1.54, 1.807) is 25.1 Å². The first-order chi connectivity index (χ1) is 12.3. The van der Waals surface area contributed by atoms with Crippen LogP contribution in [0.5, 0.6) is 0 Å². The number of carbonyl (C=O) groups is 1. The topological polar surface area (TPSA) is 73.8 Å². The van der Waals surface area contributed by atoms with Crippen molar-refractivity contribution >= 4 is 28.9 Å². The summed E-state index contributed by atoms with van der Waals surface area (Å²) < 4.78 is 21.2. The molecule has 0 fully saturated rings. The Balaban J connectivity index is 2.00. The molecule has 1 N–H and O–H groups in total. The van der Waals surface area contributed by atoms with Gasteiger partial charge in [-0.1, -0.05) is 46.9 Å². The molecule has 1 unspecified atom stereocenters. The Kier molecular flexibility index (Phi) is 6.83. The van der Waals surface area contributed by atoms with E-state index >= 15 is 0 Å². The van der Waals surface area contributed by atoms with Crippen molar-refractivity contribution in [3.63, 3.8) is 0 Å². The van der Waals surface area contributed by atoms with Gasteiger partial charge in [0.15, 0.2) is 0 Å². The molecule has 2 aromatic carbocycles. The Morgan fingerprint density at radius 3 is 2.50 bits per heavy atom. The van der Waals surface area contributed by atoms with E-state index in [0.717, 1.165) is 11.1 Å². The minimum atomic E-state index is -1.33. The Morgan fingerprint density at radius 1 is 1.15 bits per heavy atom. The number of hydrogen-bond acceptors (Lipinski definition) is 4. The minimum absolute atomic E-state index is 0.206. The van der Waals surface area contributed by atoms with Crippen LogP contribution < -0.4 is 5.32 Å². The zero-order valence-corrected chi connectivity index (χ0v) is 16.3. The molecule has 0 heterocycles. The Bertz CT molecular complexity index is 770. The molecule has 0 spiro atoms. The highest BCUT2D eigenvalue weighted by Gasteiger charge is 2.26. The van der Waals surface area contributed by atoms with E-state index in [9.17, 15) is 9.35 Å². The van der Waals surface area contributed by atoms with Crippen LogP contribution >= 0.6 is 0 Å². The standard InChI is InChI=1S/C20H24N2O3S/c1-15(22-26(24)20(2,3)4)17-11-8-12-18(13-17)21-19(23)25-14-16-9-6-5-7-10-16/h5-13H,14H2,1-4H3,(H,21,23)/b22-15+. The van der Waals surface area contributed by atoms with Gasteiger partial charge < -0.3 is 9.29 Å². The van der Waals surface area contributed by atoms with Gasteiger partial charge in [0.2, 0.25) is 0 Å². The van der Waals surface area contributed by atoms with Crippen molar-refractivity contribution < 1.29 is 14.1 Å². The molecule has 0 radical (unpaired) electrons. The van der Waals surface area contributed by atoms with Crippen LogP contribution in [0, 0.1) is 0 Å². The molecule has 0 saturated carbocycles. The van der Waals surface area contributed by atoms with Gasteiger partial charge in [-0.3, -0.25) is 5.32 Å². The van der Waals surface area contributed by atoms with Crippen LogP contribution in [0.1, 0.15) is 38.8 Å². The van der Waals surface area contributed by atoms with Crippen LogP contribution in [0.2, 0.25) is 0 Å². The maximum atomic E-state index is 12.2. The van der Waals surface area contributed by atoms with E-state index < -0.39 is 22.2 Å². The lowest BCUT2D eigenvalue weighted by Crippen LogP contribution is -2.26. The number of nitrogens with zero attached hydrogens (tertiary/aromatic N) is 1. The Hall–Kier alpha value is -2.31. The van der Waals surface area contributed by atoms with Crippen LogP contribution in [-0.2, 0) is 22.7 Å². The summed E-state index contributed by atoms with van der Waals surface area (Å²) in [4.78, 5) is 12.0. The van der Waals surface area contributed by atoms with Crippen molar-refractivity contribution in [2.45, 2.75) is 39.0 Å². The third-order valence-corrected chi connectivity index (χ3v) is 4.97. The van der Waals surface area contributed by atoms with E-state index in [4.69, 9.17) is 4.74 Å². The largest absolute Gasteiger partial charge is 0.591 e. The fourth-order valence-corrected chi connectivity index (χ4v) is 2.64. The van der Waals surface area contributed by atoms with Crippen molar-refractivity contribution in [1.29, 1.82) is 0 Å². The second kappa shape index (κ2) is 8.87. The molecular weight excluding hydrogens is 348 g/mol. The predicted molar refractivity (Wildman–Crippen MR) is 107 cm³/mol. The van der Waals surface area contributed by atoms with Gasteiger partial charge in [-0.25, -0.2) is 4.79 Å². The summed E-state index contributed by atoms with van der Waals surface area (Å²) in [5, 5.41) is 2.70. The molecule has 0 bridgehead atoms. The van der Waals surface area contributed by atoms with Crippen molar-refractivity contribution in [3.8, 4) is 0 Å². The molecular formula is C20H24N2O3S. The van der Waals surface area contributed by atoms with E-state index in [1.165, 1.54) is 0 Å². The molecule has 0 aliphatic rings. The average molecular weight is 372 g/mol. The van der Waals surface area contributed by atoms with E-state index in [-0.39, 0.29) is 6.61 Å². The van der Waals surface area contributed by atoms with E-state index in [1.807, 2.05) is 57.2 Å². The van der Waals surface area contributed by atoms with Crippen molar-refractivity contribution in [2.75, 3.05) is 5.32 Å². The lowest BCUT2D eigenvalue weighted by molar-refractivity contribution is 0.155. The van der Waals surface area contributed by atoms with Gasteiger partial charge in [-0.05, 0) is 45.4 Å². The summed E-state index contributed by atoms with van der Waals surface area (Å²) in [5.41, 5.74) is 2.96. The zero-order chi connectivity index (χ0) is 19.2. The second-order valence-corrected chi connectivity index (χ2v) is 8.71. The quantitative estimate of drug-likeness (QED) is 0.610. The SMILES string of the molecule is C/C(=N\[S+]([O-])C(C)(C)C)c1cccc(NC(=O)OCc2ccccc2)c1. The van der Waals surface area contributed by atoms with Gasteiger partial charge in [-0.2, -0.15) is 0 Å². The molecule has 6 heteroatoms. The number of benzene rings is 2. The predicted octanol–water partition coefficient (Wildman–Crippen LogP) is 4.71. The number of carbonyl (C=O) groups excluding carboxylic acids is 1. The van der Waals surface area contributed by atoms with Crippen LogP contribution in [0.25, 0.3) is 0 Å². The van der Waals surface area contributed by atoms with Gasteiger partial charge >= 0.3 is 6.09 Å². The summed E-state index contributed by atoms with van der Waals surface area (Å²) in [5.74, 6) is 0. The lowest BCUT2D eigenvalue weighted by atomic mass is 10.1. The molecule has 138 valence electrons. The van der Waals surface area contributed by atoms with Gasteiger partial charge in [-0.15, -0.1) is 0 Å². The summed E-state index contributed by atoms with van der Waals surface area (Å²) in [6, 6.07) is 16.7. The molecule has 1 atom stereocenters. The van der Waals surface area contributed by atoms with Crippen LogP contribution in [0.15, 0.2) is 59.0 Å². The first kappa shape index (κ1) is 20.0. The average Bonchev–Trinajstić information content (AvgIpc) is 2.60. The summed E-state index contributed by atoms with van der Waals surface area (Å²) in [6.45, 7) is 7.63. The third kappa shape index (κ3) is 6.20. The number of amides is 1. The molecule has 0 aliphatic carbocycles. The number of anilines is 1. The smallest absolute Gasteiger partial charge is 0.411 e. The first-order valence-corrected chi connectivity index (χ1v) is 9.42. The number of nitrogens with one attached hydrogen (secondary N) is 1. The fourth-order valence-electron chi connectivity index (χ4n) is 2.01. The molecule has 5 nitrogen and oxygen atoms in total. The number of ether oxygens (including phenoxy) is 1. The summed E-state index contributed by atoms with van der Waals surface area (Å²) in [6.07, 6.45) is -0.529. The maximum absolute atomic E-state index is 12.2. The van der Waals surface area contributed by atoms with E-state index in [2.05, 4.69) is 9.71 Å².